The van der Waals surface area contributed by atoms with Crippen molar-refractivity contribution in [1.82, 2.24) is 10.6 Å². The van der Waals surface area contributed by atoms with Crippen molar-refractivity contribution in [2.75, 3.05) is 6.54 Å². The molecule has 1 aromatic carbocycles. The Morgan fingerprint density at radius 2 is 1.76 bits per heavy atom. The molecule has 25 heavy (non-hydrogen) atoms. The van der Waals surface area contributed by atoms with Crippen LogP contribution in [0, 0.1) is 18.8 Å². The van der Waals surface area contributed by atoms with Gasteiger partial charge in [-0.25, -0.2) is 0 Å². The lowest BCUT2D eigenvalue weighted by atomic mass is 10.0. The highest BCUT2D eigenvalue weighted by molar-refractivity contribution is 5.98. The molecule has 0 radical (unpaired) electrons. The molecule has 1 aromatic rings. The highest BCUT2D eigenvalue weighted by atomic mass is 16.4. The third kappa shape index (κ3) is 7.37. The van der Waals surface area contributed by atoms with E-state index in [1.807, 2.05) is 32.9 Å². The van der Waals surface area contributed by atoms with E-state index in [-0.39, 0.29) is 36.6 Å². The third-order valence-corrected chi connectivity index (χ3v) is 3.87. The van der Waals surface area contributed by atoms with E-state index in [1.165, 1.54) is 0 Å². The molecule has 6 nitrogen and oxygen atoms in total. The van der Waals surface area contributed by atoms with E-state index in [1.54, 1.807) is 19.1 Å². The first-order valence-electron chi connectivity index (χ1n) is 8.56. The summed E-state index contributed by atoms with van der Waals surface area (Å²) in [5.74, 6) is -1.41. The Balaban J connectivity index is 2.73. The number of carboxylic acids is 1. The number of rotatable bonds is 9. The zero-order valence-electron chi connectivity index (χ0n) is 15.3. The molecule has 0 aliphatic carbocycles. The van der Waals surface area contributed by atoms with Crippen molar-refractivity contribution in [1.29, 1.82) is 0 Å². The molecule has 6 heteroatoms. The Bertz CT molecular complexity index is 613. The van der Waals surface area contributed by atoms with Crippen molar-refractivity contribution in [2.24, 2.45) is 11.8 Å². The second-order valence-corrected chi connectivity index (χ2v) is 6.92. The highest BCUT2D eigenvalue weighted by Gasteiger charge is 2.23. The number of nitrogens with one attached hydrogen (secondary N) is 2. The number of hydrogen-bond donors (Lipinski definition) is 3. The van der Waals surface area contributed by atoms with Gasteiger partial charge in [-0.1, -0.05) is 39.0 Å². The minimum atomic E-state index is -0.895. The van der Waals surface area contributed by atoms with Gasteiger partial charge in [0, 0.05) is 18.5 Å². The van der Waals surface area contributed by atoms with Gasteiger partial charge >= 0.3 is 5.97 Å². The Morgan fingerprint density at radius 1 is 1.12 bits per heavy atom. The molecule has 0 bridgehead atoms. The normalized spacial score (nSPS) is 13.2. The molecule has 0 saturated carbocycles. The molecular formula is C19H28N2O4. The number of carbonyl (C=O) groups is 3. The molecule has 2 amide bonds. The van der Waals surface area contributed by atoms with Crippen LogP contribution in [0.15, 0.2) is 24.3 Å². The molecule has 0 aliphatic heterocycles. The van der Waals surface area contributed by atoms with Crippen LogP contribution in [-0.4, -0.2) is 35.5 Å². The largest absolute Gasteiger partial charge is 0.481 e. The molecule has 0 fully saturated rings. The van der Waals surface area contributed by atoms with E-state index in [4.69, 9.17) is 5.11 Å². The van der Waals surface area contributed by atoms with E-state index >= 15 is 0 Å². The van der Waals surface area contributed by atoms with E-state index in [2.05, 4.69) is 10.6 Å². The summed E-state index contributed by atoms with van der Waals surface area (Å²) < 4.78 is 0. The summed E-state index contributed by atoms with van der Waals surface area (Å²) in [5, 5.41) is 14.3. The van der Waals surface area contributed by atoms with Crippen LogP contribution in [0.25, 0.3) is 0 Å². The Hall–Kier alpha value is -2.37. The summed E-state index contributed by atoms with van der Waals surface area (Å²) >= 11 is 0. The lowest BCUT2D eigenvalue weighted by Gasteiger charge is -2.21. The topological polar surface area (TPSA) is 95.5 Å². The second-order valence-electron chi connectivity index (χ2n) is 6.92. The van der Waals surface area contributed by atoms with Crippen LogP contribution in [0.5, 0.6) is 0 Å². The monoisotopic (exact) mass is 348 g/mol. The van der Waals surface area contributed by atoms with Gasteiger partial charge < -0.3 is 15.7 Å². The van der Waals surface area contributed by atoms with Crippen molar-refractivity contribution in [2.45, 2.75) is 46.6 Å². The number of hydrogen-bond acceptors (Lipinski definition) is 3. The Labute approximate surface area is 149 Å². The average molecular weight is 348 g/mol. The molecule has 2 unspecified atom stereocenters. The molecule has 138 valence electrons. The van der Waals surface area contributed by atoms with Crippen LogP contribution < -0.4 is 10.6 Å². The highest BCUT2D eigenvalue weighted by Crippen LogP contribution is 2.10. The Morgan fingerprint density at radius 3 is 2.32 bits per heavy atom. The number of benzene rings is 1. The number of aliphatic carboxylic acids is 1. The molecular weight excluding hydrogens is 320 g/mol. The van der Waals surface area contributed by atoms with E-state index < -0.39 is 12.0 Å². The van der Waals surface area contributed by atoms with Gasteiger partial charge in [-0.05, 0) is 36.8 Å². The van der Waals surface area contributed by atoms with Crippen molar-refractivity contribution in [3.05, 3.63) is 35.4 Å². The van der Waals surface area contributed by atoms with Crippen molar-refractivity contribution in [3.63, 3.8) is 0 Å². The lowest BCUT2D eigenvalue weighted by Crippen LogP contribution is -2.48. The molecule has 0 aliphatic rings. The minimum Gasteiger partial charge on any atom is -0.481 e. The first-order valence-corrected chi connectivity index (χ1v) is 8.56. The maximum atomic E-state index is 12.5. The lowest BCUT2D eigenvalue weighted by molar-refractivity contribution is -0.138. The van der Waals surface area contributed by atoms with Crippen LogP contribution in [0.3, 0.4) is 0 Å². The smallest absolute Gasteiger partial charge is 0.303 e. The molecule has 0 saturated heterocycles. The molecule has 1 rings (SSSR count). The van der Waals surface area contributed by atoms with Crippen molar-refractivity contribution in [3.8, 4) is 0 Å². The fourth-order valence-electron chi connectivity index (χ4n) is 2.53. The first-order chi connectivity index (χ1) is 11.7. The van der Waals surface area contributed by atoms with Crippen molar-refractivity contribution >= 4 is 17.8 Å². The summed E-state index contributed by atoms with van der Waals surface area (Å²) in [5.41, 5.74) is 1.39. The number of aryl methyl sites for hydroxylation is 1. The molecule has 2 atom stereocenters. The number of amides is 2. The van der Waals surface area contributed by atoms with Crippen LogP contribution >= 0.6 is 0 Å². The predicted octanol–water partition coefficient (Wildman–Crippen LogP) is 2.37. The zero-order chi connectivity index (χ0) is 19.0. The van der Waals surface area contributed by atoms with Gasteiger partial charge in [0.05, 0.1) is 0 Å². The summed E-state index contributed by atoms with van der Waals surface area (Å²) in [6.45, 7) is 7.83. The van der Waals surface area contributed by atoms with E-state index in [0.29, 0.717) is 12.0 Å². The number of carboxylic acid groups (broad SMARTS) is 1. The van der Waals surface area contributed by atoms with Crippen molar-refractivity contribution < 1.29 is 19.5 Å². The molecule has 3 N–H and O–H groups in total. The van der Waals surface area contributed by atoms with Gasteiger partial charge in [0.2, 0.25) is 5.91 Å². The van der Waals surface area contributed by atoms with Crippen LogP contribution in [0.1, 0.15) is 49.5 Å². The summed E-state index contributed by atoms with van der Waals surface area (Å²) in [6.07, 6.45) is 0.501. The average Bonchev–Trinajstić information content (AvgIpc) is 2.51. The molecule has 0 spiro atoms. The Kier molecular flexibility index (Phi) is 8.11. The number of carbonyl (C=O) groups excluding carboxylic acids is 2. The van der Waals surface area contributed by atoms with Gasteiger partial charge in [-0.2, -0.15) is 0 Å². The zero-order valence-corrected chi connectivity index (χ0v) is 15.3. The first kappa shape index (κ1) is 20.7. The van der Waals surface area contributed by atoms with E-state index in [0.717, 1.165) is 5.56 Å². The van der Waals surface area contributed by atoms with Crippen LogP contribution in [0.4, 0.5) is 0 Å². The second kappa shape index (κ2) is 9.81. The van der Waals surface area contributed by atoms with Gasteiger partial charge in [-0.15, -0.1) is 0 Å². The third-order valence-electron chi connectivity index (χ3n) is 3.87. The quantitative estimate of drug-likeness (QED) is 0.638. The summed E-state index contributed by atoms with van der Waals surface area (Å²) in [6, 6.07) is 6.56. The predicted molar refractivity (Wildman–Crippen MR) is 96.3 cm³/mol. The maximum Gasteiger partial charge on any atom is 0.303 e. The maximum absolute atomic E-state index is 12.5. The fourth-order valence-corrected chi connectivity index (χ4v) is 2.53. The standard InChI is InChI=1S/C19H28N2O4/c1-12(2)9-16(19(25)20-11-13(3)10-17(22)23)21-18(24)15-8-6-5-7-14(15)4/h5-8,12-13,16H,9-11H2,1-4H3,(H,20,25)(H,21,24)(H,22,23). The SMILES string of the molecule is Cc1ccccc1C(=O)NC(CC(C)C)C(=O)NCC(C)CC(=O)O. The van der Waals surface area contributed by atoms with Gasteiger partial charge in [0.1, 0.15) is 6.04 Å². The minimum absolute atomic E-state index is 0.00923. The van der Waals surface area contributed by atoms with Gasteiger partial charge in [0.25, 0.3) is 5.91 Å². The summed E-state index contributed by atoms with van der Waals surface area (Å²) in [7, 11) is 0. The molecule has 0 aromatic heterocycles. The van der Waals surface area contributed by atoms with Crippen LogP contribution in [-0.2, 0) is 9.59 Å². The van der Waals surface area contributed by atoms with Gasteiger partial charge in [0.15, 0.2) is 0 Å². The van der Waals surface area contributed by atoms with Gasteiger partial charge in [-0.3, -0.25) is 14.4 Å². The molecule has 0 heterocycles. The van der Waals surface area contributed by atoms with Crippen LogP contribution in [0.2, 0.25) is 0 Å². The van der Waals surface area contributed by atoms with E-state index in [9.17, 15) is 14.4 Å². The summed E-state index contributed by atoms with van der Waals surface area (Å²) in [4.78, 5) is 35.6. The fraction of sp³-hybridized carbons (Fsp3) is 0.526.